The fourth-order valence-corrected chi connectivity index (χ4v) is 3.78. The van der Waals surface area contributed by atoms with Crippen molar-refractivity contribution in [2.24, 2.45) is 15.9 Å². The van der Waals surface area contributed by atoms with Crippen molar-refractivity contribution in [1.82, 2.24) is 20.2 Å². The second kappa shape index (κ2) is 11.6. The lowest BCUT2D eigenvalue weighted by atomic mass is 10.0. The predicted molar refractivity (Wildman–Crippen MR) is 132 cm³/mol. The number of carbonyl (C=O) groups excluding carboxylic acids is 1. The maximum absolute atomic E-state index is 15.0. The molecule has 13 nitrogen and oxygen atoms in total. The molecule has 0 bridgehead atoms. The molecule has 0 spiro atoms. The number of benzene rings is 1. The summed E-state index contributed by atoms with van der Waals surface area (Å²) >= 11 is 0. The van der Waals surface area contributed by atoms with Gasteiger partial charge in [0.05, 0.1) is 38.5 Å². The van der Waals surface area contributed by atoms with Crippen molar-refractivity contribution in [1.29, 1.82) is 0 Å². The first kappa shape index (κ1) is 25.8. The summed E-state index contributed by atoms with van der Waals surface area (Å²) in [6.45, 7) is 4.21. The molecular formula is C23H27FN8O5. The number of hydrogen-bond acceptors (Lipinski definition) is 9. The Bertz CT molecular complexity index is 1200. The van der Waals surface area contributed by atoms with Crippen molar-refractivity contribution in [3.8, 4) is 11.1 Å². The monoisotopic (exact) mass is 514 g/mol. The van der Waals surface area contributed by atoms with Crippen molar-refractivity contribution in [3.63, 3.8) is 0 Å². The molecule has 0 saturated carbocycles. The van der Waals surface area contributed by atoms with Crippen LogP contribution >= 0.6 is 0 Å². The number of morpholine rings is 1. The molecule has 1 unspecified atom stereocenters. The van der Waals surface area contributed by atoms with Crippen LogP contribution in [0.2, 0.25) is 0 Å². The van der Waals surface area contributed by atoms with Crippen LogP contribution in [0.15, 0.2) is 40.7 Å². The molecule has 3 heterocycles. The second-order valence-corrected chi connectivity index (χ2v) is 8.45. The van der Waals surface area contributed by atoms with E-state index in [9.17, 15) is 9.59 Å². The fraction of sp³-hybridized carbons (Fsp3) is 0.391. The second-order valence-electron chi connectivity index (χ2n) is 8.45. The van der Waals surface area contributed by atoms with Gasteiger partial charge >= 0.3 is 6.09 Å². The Morgan fingerprint density at radius 2 is 2.08 bits per heavy atom. The summed E-state index contributed by atoms with van der Waals surface area (Å²) in [7, 11) is 0. The zero-order chi connectivity index (χ0) is 26.4. The average Bonchev–Trinajstić information content (AvgIpc) is 2.85. The Morgan fingerprint density at radius 3 is 2.78 bits per heavy atom. The highest BCUT2D eigenvalue weighted by molar-refractivity contribution is 5.98. The van der Waals surface area contributed by atoms with Crippen molar-refractivity contribution < 1.29 is 28.7 Å². The van der Waals surface area contributed by atoms with Crippen LogP contribution in [0.4, 0.5) is 15.1 Å². The maximum Gasteiger partial charge on any atom is 0.411 e. The molecule has 2 fully saturated rings. The number of guanidine groups is 1. The molecule has 2 saturated heterocycles. The van der Waals surface area contributed by atoms with Gasteiger partial charge in [0, 0.05) is 42.6 Å². The molecule has 4 N–H and O–H groups in total. The third-order valence-electron chi connectivity index (χ3n) is 5.75. The lowest BCUT2D eigenvalue weighted by molar-refractivity contribution is -0.139. The summed E-state index contributed by atoms with van der Waals surface area (Å²) in [6, 6.07) is 4.79. The molecule has 4 rings (SSSR count). The van der Waals surface area contributed by atoms with Crippen molar-refractivity contribution in [2.75, 3.05) is 44.3 Å². The number of nitrogens with two attached hydrogens (primary N) is 1. The molecule has 196 valence electrons. The topological polar surface area (TPSA) is 168 Å². The number of oxime groups is 1. The number of rotatable bonds is 7. The minimum absolute atomic E-state index is 0.0144. The Morgan fingerprint density at radius 1 is 1.32 bits per heavy atom. The summed E-state index contributed by atoms with van der Waals surface area (Å²) in [5.74, 6) is -0.353. The van der Waals surface area contributed by atoms with E-state index in [0.29, 0.717) is 44.3 Å². The Labute approximate surface area is 211 Å². The van der Waals surface area contributed by atoms with Crippen LogP contribution in [-0.4, -0.2) is 89.1 Å². The number of amides is 2. The summed E-state index contributed by atoms with van der Waals surface area (Å²) in [6.07, 6.45) is 1.50. The van der Waals surface area contributed by atoms with Crippen LogP contribution in [0.3, 0.4) is 0 Å². The summed E-state index contributed by atoms with van der Waals surface area (Å²) in [4.78, 5) is 43.6. The van der Waals surface area contributed by atoms with Gasteiger partial charge in [-0.05, 0) is 0 Å². The Hall–Kier alpha value is -4.33. The van der Waals surface area contributed by atoms with Gasteiger partial charge in [0.15, 0.2) is 5.96 Å². The lowest BCUT2D eigenvalue weighted by Crippen LogP contribution is -2.49. The first-order valence-electron chi connectivity index (χ1n) is 11.5. The summed E-state index contributed by atoms with van der Waals surface area (Å²) in [5, 5.41) is 14.7. The standard InChI is InChI=1S/C23H27FN8O5/c1-14(33)31-5-6-36-18(12-31)13-37-30-17-10-32(11-17)22-27-8-16(9-28-22)19-4-2-3-15(20(19)24)7-26-21(25)29-23(34)35/h2-4,8-9,18H,5-7,10-13H2,1H3,(H,34,35)(H3,25,26,29). The van der Waals surface area contributed by atoms with E-state index < -0.39 is 11.9 Å². The maximum atomic E-state index is 15.0. The zero-order valence-corrected chi connectivity index (χ0v) is 20.1. The van der Waals surface area contributed by atoms with Crippen LogP contribution in [-0.2, 0) is 20.9 Å². The number of aromatic nitrogens is 2. The highest BCUT2D eigenvalue weighted by atomic mass is 19.1. The molecule has 2 amide bonds. The van der Waals surface area contributed by atoms with E-state index in [1.165, 1.54) is 25.4 Å². The largest absolute Gasteiger partial charge is 0.465 e. The number of carboxylic acid groups (broad SMARTS) is 1. The quantitative estimate of drug-likeness (QED) is 0.275. The number of ether oxygens (including phenoxy) is 1. The Kier molecular flexibility index (Phi) is 8.08. The molecule has 1 aromatic carbocycles. The number of hydrogen-bond donors (Lipinski definition) is 3. The number of nitrogens with zero attached hydrogens (tertiary/aromatic N) is 6. The highest BCUT2D eigenvalue weighted by Crippen LogP contribution is 2.26. The molecule has 2 aliphatic rings. The molecule has 37 heavy (non-hydrogen) atoms. The normalized spacial score (nSPS) is 17.7. The number of aliphatic imine (C=N–C) groups is 1. The smallest absolute Gasteiger partial charge is 0.411 e. The van der Waals surface area contributed by atoms with Crippen molar-refractivity contribution >= 4 is 29.6 Å². The molecule has 0 aliphatic carbocycles. The third kappa shape index (κ3) is 6.67. The van der Waals surface area contributed by atoms with Gasteiger partial charge in [0.25, 0.3) is 0 Å². The van der Waals surface area contributed by atoms with Gasteiger partial charge in [-0.1, -0.05) is 23.4 Å². The van der Waals surface area contributed by atoms with Gasteiger partial charge in [-0.15, -0.1) is 0 Å². The highest BCUT2D eigenvalue weighted by Gasteiger charge is 2.26. The summed E-state index contributed by atoms with van der Waals surface area (Å²) < 4.78 is 20.6. The Balaban J connectivity index is 1.29. The number of carbonyl (C=O) groups is 2. The van der Waals surface area contributed by atoms with Gasteiger partial charge in [0.1, 0.15) is 18.5 Å². The van der Waals surface area contributed by atoms with Crippen molar-refractivity contribution in [2.45, 2.75) is 19.6 Å². The molecule has 14 heteroatoms. The van der Waals surface area contributed by atoms with E-state index >= 15 is 4.39 Å². The number of halogens is 1. The molecule has 0 radical (unpaired) electrons. The minimum atomic E-state index is -1.35. The first-order valence-corrected chi connectivity index (χ1v) is 11.5. The molecule has 1 aromatic heterocycles. The van der Waals surface area contributed by atoms with E-state index in [-0.39, 0.29) is 42.2 Å². The van der Waals surface area contributed by atoms with E-state index in [2.05, 4.69) is 20.1 Å². The molecular weight excluding hydrogens is 487 g/mol. The number of nitrogens with one attached hydrogen (secondary N) is 1. The molecule has 2 aliphatic heterocycles. The molecule has 2 aromatic rings. The van der Waals surface area contributed by atoms with E-state index in [4.69, 9.17) is 20.4 Å². The van der Waals surface area contributed by atoms with Crippen LogP contribution in [0, 0.1) is 5.82 Å². The minimum Gasteiger partial charge on any atom is -0.465 e. The van der Waals surface area contributed by atoms with Crippen LogP contribution in [0.5, 0.6) is 0 Å². The fourth-order valence-electron chi connectivity index (χ4n) is 3.78. The van der Waals surface area contributed by atoms with E-state index in [0.717, 1.165) is 5.71 Å². The van der Waals surface area contributed by atoms with Crippen LogP contribution < -0.4 is 16.0 Å². The van der Waals surface area contributed by atoms with E-state index in [1.54, 1.807) is 17.0 Å². The number of anilines is 1. The van der Waals surface area contributed by atoms with Crippen LogP contribution in [0.25, 0.3) is 11.1 Å². The average molecular weight is 515 g/mol. The van der Waals surface area contributed by atoms with Gasteiger partial charge in [-0.25, -0.2) is 24.1 Å². The van der Waals surface area contributed by atoms with E-state index in [1.807, 2.05) is 10.2 Å². The van der Waals surface area contributed by atoms with Gasteiger partial charge < -0.3 is 30.2 Å². The zero-order valence-electron chi connectivity index (χ0n) is 20.1. The summed E-state index contributed by atoms with van der Waals surface area (Å²) in [5.41, 5.74) is 7.28. The van der Waals surface area contributed by atoms with Crippen molar-refractivity contribution in [3.05, 3.63) is 42.0 Å². The lowest BCUT2D eigenvalue weighted by Gasteiger charge is -2.33. The van der Waals surface area contributed by atoms with Crippen LogP contribution in [0.1, 0.15) is 12.5 Å². The molecule has 1 atom stereocenters. The third-order valence-corrected chi connectivity index (χ3v) is 5.75. The first-order chi connectivity index (χ1) is 17.8. The SMILES string of the molecule is CC(=O)N1CCOC(CON=C2CN(c3ncc(-c4cccc(CN=C(N)NC(=O)O)c4F)cn3)C2)C1. The van der Waals surface area contributed by atoms with Gasteiger partial charge in [-0.2, -0.15) is 0 Å². The van der Waals surface area contributed by atoms with Gasteiger partial charge in [0.2, 0.25) is 11.9 Å². The predicted octanol–water partition coefficient (Wildman–Crippen LogP) is 0.805. The van der Waals surface area contributed by atoms with Gasteiger partial charge in [-0.3, -0.25) is 10.1 Å².